The monoisotopic (exact) mass is 330 g/mol. The highest BCUT2D eigenvalue weighted by molar-refractivity contribution is 5.93. The molecule has 2 aliphatic heterocycles. The van der Waals surface area contributed by atoms with Crippen LogP contribution in [0.5, 0.6) is 0 Å². The first-order valence-corrected chi connectivity index (χ1v) is 8.03. The standard InChI is InChI=1S/C15H21F3N4O/c1-21-13(15(16,17)18)9-11(20-21)14(23)22-8-6-10-12(22)5-3-2-4-7-19-10/h9-10,12,19H,2-8H2,1H3/t10-,12-/m1/s1. The highest BCUT2D eigenvalue weighted by Crippen LogP contribution is 2.31. The van der Waals surface area contributed by atoms with E-state index in [-0.39, 0.29) is 17.8 Å². The molecule has 0 radical (unpaired) electrons. The Morgan fingerprint density at radius 3 is 2.78 bits per heavy atom. The Balaban J connectivity index is 1.80. The summed E-state index contributed by atoms with van der Waals surface area (Å²) in [4.78, 5) is 14.3. The van der Waals surface area contributed by atoms with Crippen molar-refractivity contribution in [3.05, 3.63) is 17.5 Å². The summed E-state index contributed by atoms with van der Waals surface area (Å²) in [5.41, 5.74) is -1.02. The van der Waals surface area contributed by atoms with Crippen LogP contribution < -0.4 is 5.32 Å². The van der Waals surface area contributed by atoms with Crippen LogP contribution in [0.2, 0.25) is 0 Å². The van der Waals surface area contributed by atoms with E-state index in [1.165, 1.54) is 7.05 Å². The largest absolute Gasteiger partial charge is 0.433 e. The third kappa shape index (κ3) is 3.22. The number of aromatic nitrogens is 2. The van der Waals surface area contributed by atoms with Crippen LogP contribution in [0.15, 0.2) is 6.07 Å². The fourth-order valence-corrected chi connectivity index (χ4v) is 3.63. The van der Waals surface area contributed by atoms with Crippen molar-refractivity contribution in [3.63, 3.8) is 0 Å². The molecule has 1 aromatic rings. The van der Waals surface area contributed by atoms with Gasteiger partial charge in [-0.25, -0.2) is 0 Å². The first-order valence-electron chi connectivity index (χ1n) is 8.03. The molecule has 2 atom stereocenters. The molecule has 1 amide bonds. The molecule has 1 aromatic heterocycles. The van der Waals surface area contributed by atoms with E-state index in [0.29, 0.717) is 6.54 Å². The Bertz CT molecular complexity index is 584. The topological polar surface area (TPSA) is 50.2 Å². The maximum Gasteiger partial charge on any atom is 0.433 e. The Kier molecular flexibility index (Phi) is 4.35. The normalized spacial score (nSPS) is 25.8. The second-order valence-electron chi connectivity index (χ2n) is 6.30. The Hall–Kier alpha value is -1.57. The van der Waals surface area contributed by atoms with Gasteiger partial charge in [0.2, 0.25) is 0 Å². The number of carbonyl (C=O) groups is 1. The number of alkyl halides is 3. The first kappa shape index (κ1) is 16.3. The van der Waals surface area contributed by atoms with Gasteiger partial charge >= 0.3 is 6.18 Å². The van der Waals surface area contributed by atoms with Gasteiger partial charge in [0.05, 0.1) is 0 Å². The van der Waals surface area contributed by atoms with E-state index in [4.69, 9.17) is 0 Å². The van der Waals surface area contributed by atoms with E-state index in [1.807, 2.05) is 0 Å². The molecule has 23 heavy (non-hydrogen) atoms. The maximum atomic E-state index is 12.9. The number of likely N-dealkylation sites (tertiary alicyclic amines) is 1. The van der Waals surface area contributed by atoms with Gasteiger partial charge in [-0.15, -0.1) is 0 Å². The molecule has 2 fully saturated rings. The molecule has 5 nitrogen and oxygen atoms in total. The van der Waals surface area contributed by atoms with Crippen LogP contribution in [0.3, 0.4) is 0 Å². The molecule has 3 rings (SSSR count). The van der Waals surface area contributed by atoms with Crippen molar-refractivity contribution in [1.82, 2.24) is 20.0 Å². The molecule has 0 aromatic carbocycles. The van der Waals surface area contributed by atoms with Crippen LogP contribution in [0, 0.1) is 0 Å². The second kappa shape index (κ2) is 6.14. The van der Waals surface area contributed by atoms with Crippen molar-refractivity contribution < 1.29 is 18.0 Å². The zero-order valence-electron chi connectivity index (χ0n) is 13.1. The minimum atomic E-state index is -4.50. The van der Waals surface area contributed by atoms with E-state index in [0.717, 1.165) is 49.4 Å². The number of halogens is 3. The average Bonchev–Trinajstić information content (AvgIpc) is 3.01. The van der Waals surface area contributed by atoms with Gasteiger partial charge in [-0.2, -0.15) is 18.3 Å². The van der Waals surface area contributed by atoms with Gasteiger partial charge in [-0.05, 0) is 25.8 Å². The first-order chi connectivity index (χ1) is 10.9. The number of rotatable bonds is 1. The van der Waals surface area contributed by atoms with E-state index in [9.17, 15) is 18.0 Å². The summed E-state index contributed by atoms with van der Waals surface area (Å²) in [6.45, 7) is 1.50. The number of aryl methyl sites for hydroxylation is 1. The van der Waals surface area contributed by atoms with Gasteiger partial charge in [0, 0.05) is 31.7 Å². The lowest BCUT2D eigenvalue weighted by atomic mass is 9.99. The molecular formula is C15H21F3N4O. The minimum Gasteiger partial charge on any atom is -0.333 e. The molecule has 0 aliphatic carbocycles. The molecule has 3 heterocycles. The van der Waals surface area contributed by atoms with Crippen molar-refractivity contribution in [2.45, 2.75) is 50.4 Å². The molecule has 128 valence electrons. The zero-order chi connectivity index (χ0) is 16.6. The van der Waals surface area contributed by atoms with Crippen LogP contribution in [-0.2, 0) is 13.2 Å². The van der Waals surface area contributed by atoms with Crippen LogP contribution in [0.4, 0.5) is 13.2 Å². The average molecular weight is 330 g/mol. The zero-order valence-corrected chi connectivity index (χ0v) is 13.1. The SMILES string of the molecule is Cn1nc(C(=O)N2CC[C@H]3NCCCCC[C@H]32)cc1C(F)(F)F. The number of nitrogens with zero attached hydrogens (tertiary/aromatic N) is 3. The van der Waals surface area contributed by atoms with Gasteiger partial charge in [-0.3, -0.25) is 9.48 Å². The van der Waals surface area contributed by atoms with Gasteiger partial charge in [0.15, 0.2) is 5.69 Å². The summed E-state index contributed by atoms with van der Waals surface area (Å²) in [6, 6.07) is 1.15. The van der Waals surface area contributed by atoms with E-state index < -0.39 is 17.8 Å². The van der Waals surface area contributed by atoms with Crippen LogP contribution in [0.25, 0.3) is 0 Å². The fourth-order valence-electron chi connectivity index (χ4n) is 3.63. The van der Waals surface area contributed by atoms with E-state index in [1.54, 1.807) is 4.90 Å². The van der Waals surface area contributed by atoms with Crippen LogP contribution in [-0.4, -0.2) is 45.8 Å². The number of hydrogen-bond donors (Lipinski definition) is 1. The van der Waals surface area contributed by atoms with Crippen molar-refractivity contribution in [2.75, 3.05) is 13.1 Å². The second-order valence-corrected chi connectivity index (χ2v) is 6.30. The molecule has 0 bridgehead atoms. The van der Waals surface area contributed by atoms with Crippen molar-refractivity contribution in [1.29, 1.82) is 0 Å². The van der Waals surface area contributed by atoms with E-state index >= 15 is 0 Å². The number of nitrogens with one attached hydrogen (secondary N) is 1. The van der Waals surface area contributed by atoms with Gasteiger partial charge in [0.25, 0.3) is 5.91 Å². The highest BCUT2D eigenvalue weighted by atomic mass is 19.4. The fraction of sp³-hybridized carbons (Fsp3) is 0.733. The summed E-state index contributed by atoms with van der Waals surface area (Å²) in [5.74, 6) is -0.397. The summed E-state index contributed by atoms with van der Waals surface area (Å²) in [7, 11) is 1.21. The summed E-state index contributed by atoms with van der Waals surface area (Å²) < 4.78 is 39.4. The molecule has 0 unspecified atom stereocenters. The lowest BCUT2D eigenvalue weighted by Gasteiger charge is -2.30. The van der Waals surface area contributed by atoms with E-state index in [2.05, 4.69) is 10.4 Å². The molecule has 2 aliphatic rings. The van der Waals surface area contributed by atoms with Crippen molar-refractivity contribution >= 4 is 5.91 Å². The Morgan fingerprint density at radius 1 is 1.30 bits per heavy atom. The molecular weight excluding hydrogens is 309 g/mol. The quantitative estimate of drug-likeness (QED) is 0.859. The smallest absolute Gasteiger partial charge is 0.333 e. The maximum absolute atomic E-state index is 12.9. The van der Waals surface area contributed by atoms with Gasteiger partial charge < -0.3 is 10.2 Å². The summed E-state index contributed by atoms with van der Waals surface area (Å²) in [5, 5.41) is 7.25. The lowest BCUT2D eigenvalue weighted by molar-refractivity contribution is -0.143. The van der Waals surface area contributed by atoms with Crippen molar-refractivity contribution in [2.24, 2.45) is 7.05 Å². The Labute approximate surface area is 132 Å². The van der Waals surface area contributed by atoms with Crippen LogP contribution >= 0.6 is 0 Å². The van der Waals surface area contributed by atoms with Gasteiger partial charge in [0.1, 0.15) is 5.69 Å². The molecule has 1 N–H and O–H groups in total. The predicted octanol–water partition coefficient (Wildman–Crippen LogP) is 2.19. The van der Waals surface area contributed by atoms with Crippen LogP contribution in [0.1, 0.15) is 48.3 Å². The number of fused-ring (bicyclic) bond motifs is 1. The van der Waals surface area contributed by atoms with Crippen molar-refractivity contribution in [3.8, 4) is 0 Å². The third-order valence-electron chi connectivity index (χ3n) is 4.78. The molecule has 2 saturated heterocycles. The number of hydrogen-bond acceptors (Lipinski definition) is 3. The number of carbonyl (C=O) groups excluding carboxylic acids is 1. The highest BCUT2D eigenvalue weighted by Gasteiger charge is 2.40. The Morgan fingerprint density at radius 2 is 2.09 bits per heavy atom. The predicted molar refractivity (Wildman–Crippen MR) is 77.9 cm³/mol. The molecule has 0 spiro atoms. The molecule has 8 heteroatoms. The minimum absolute atomic E-state index is 0.0548. The number of amides is 1. The molecule has 0 saturated carbocycles. The third-order valence-corrected chi connectivity index (χ3v) is 4.78. The summed E-state index contributed by atoms with van der Waals surface area (Å²) in [6.07, 6.45) is 0.516. The summed E-state index contributed by atoms with van der Waals surface area (Å²) >= 11 is 0. The lowest BCUT2D eigenvalue weighted by Crippen LogP contribution is -2.46. The van der Waals surface area contributed by atoms with Gasteiger partial charge in [-0.1, -0.05) is 12.8 Å².